The summed E-state index contributed by atoms with van der Waals surface area (Å²) in [5.74, 6) is 0.830. The molecule has 3 aromatic rings. The fourth-order valence-corrected chi connectivity index (χ4v) is 4.55. The molecule has 1 saturated carbocycles. The first-order valence-electron chi connectivity index (χ1n) is 9.32. The van der Waals surface area contributed by atoms with Crippen molar-refractivity contribution >= 4 is 27.3 Å². The van der Waals surface area contributed by atoms with Gasteiger partial charge in [-0.3, -0.25) is 0 Å². The van der Waals surface area contributed by atoms with E-state index in [0.717, 1.165) is 56.8 Å². The van der Waals surface area contributed by atoms with Gasteiger partial charge in [-0.05, 0) is 56.2 Å². The van der Waals surface area contributed by atoms with Crippen molar-refractivity contribution < 1.29 is 4.52 Å². The highest BCUT2D eigenvalue weighted by molar-refractivity contribution is 9.10. The third-order valence-corrected chi connectivity index (χ3v) is 6.33. The number of benzene rings is 2. The number of anilines is 2. The second-order valence-electron chi connectivity index (χ2n) is 7.57. The van der Waals surface area contributed by atoms with Crippen molar-refractivity contribution in [3.05, 3.63) is 74.9 Å². The predicted octanol–water partition coefficient (Wildman–Crippen LogP) is 6.71. The first-order valence-corrected chi connectivity index (χ1v) is 10.1. The summed E-state index contributed by atoms with van der Waals surface area (Å²) in [6.45, 7) is 13.5. The SMILES string of the molecule is [C-]#[N+]C1(c2ccc(N(C)c3cc(-c4c(C)noc4C)ccc3C)cc2Br)CC1. The van der Waals surface area contributed by atoms with Crippen LogP contribution in [0, 0.1) is 27.3 Å². The molecule has 0 spiro atoms. The van der Waals surface area contributed by atoms with Crippen molar-refractivity contribution in [2.75, 3.05) is 11.9 Å². The molecule has 1 aliphatic rings. The zero-order chi connectivity index (χ0) is 20.1. The number of hydrogen-bond donors (Lipinski definition) is 0. The molecule has 1 fully saturated rings. The third-order valence-electron chi connectivity index (χ3n) is 5.67. The lowest BCUT2D eigenvalue weighted by molar-refractivity contribution is 0.393. The van der Waals surface area contributed by atoms with Crippen LogP contribution in [0.25, 0.3) is 16.0 Å². The fraction of sp³-hybridized carbons (Fsp3) is 0.304. The van der Waals surface area contributed by atoms with Crippen LogP contribution in [0.2, 0.25) is 0 Å². The molecule has 0 N–H and O–H groups in total. The highest BCUT2D eigenvalue weighted by Crippen LogP contribution is 2.52. The fourth-order valence-electron chi connectivity index (χ4n) is 3.81. The van der Waals surface area contributed by atoms with Gasteiger partial charge in [0, 0.05) is 41.3 Å². The van der Waals surface area contributed by atoms with Gasteiger partial charge in [-0.1, -0.05) is 33.2 Å². The van der Waals surface area contributed by atoms with Crippen LogP contribution in [0.15, 0.2) is 45.4 Å². The summed E-state index contributed by atoms with van der Waals surface area (Å²) in [5, 5.41) is 4.09. The van der Waals surface area contributed by atoms with E-state index in [9.17, 15) is 0 Å². The maximum absolute atomic E-state index is 7.51. The van der Waals surface area contributed by atoms with E-state index in [2.05, 4.69) is 81.2 Å². The van der Waals surface area contributed by atoms with Crippen molar-refractivity contribution in [1.29, 1.82) is 0 Å². The maximum atomic E-state index is 7.51. The molecule has 4 nitrogen and oxygen atoms in total. The normalized spacial score (nSPS) is 14.6. The first-order chi connectivity index (χ1) is 13.4. The maximum Gasteiger partial charge on any atom is 0.259 e. The minimum Gasteiger partial charge on any atom is -0.361 e. The summed E-state index contributed by atoms with van der Waals surface area (Å²) >= 11 is 3.70. The Morgan fingerprint density at radius 3 is 2.46 bits per heavy atom. The van der Waals surface area contributed by atoms with E-state index in [1.807, 2.05) is 13.8 Å². The lowest BCUT2D eigenvalue weighted by Gasteiger charge is -2.23. The van der Waals surface area contributed by atoms with Gasteiger partial charge < -0.3 is 14.3 Å². The average molecular weight is 436 g/mol. The Bertz CT molecular complexity index is 1090. The van der Waals surface area contributed by atoms with Gasteiger partial charge in [0.15, 0.2) is 0 Å². The van der Waals surface area contributed by atoms with E-state index in [0.29, 0.717) is 0 Å². The van der Waals surface area contributed by atoms with E-state index in [1.165, 1.54) is 5.56 Å². The molecule has 2 aromatic carbocycles. The molecule has 1 aliphatic carbocycles. The first kappa shape index (κ1) is 18.8. The molecular formula is C23H22BrN3O. The summed E-state index contributed by atoms with van der Waals surface area (Å²) in [7, 11) is 2.07. The molecule has 0 aliphatic heterocycles. The Morgan fingerprint density at radius 2 is 1.89 bits per heavy atom. The van der Waals surface area contributed by atoms with Gasteiger partial charge in [0.1, 0.15) is 5.76 Å². The molecule has 1 aromatic heterocycles. The van der Waals surface area contributed by atoms with Gasteiger partial charge in [-0.2, -0.15) is 0 Å². The molecular weight excluding hydrogens is 414 g/mol. The lowest BCUT2D eigenvalue weighted by atomic mass is 10.0. The van der Waals surface area contributed by atoms with Crippen LogP contribution in [0.5, 0.6) is 0 Å². The Labute approximate surface area is 174 Å². The van der Waals surface area contributed by atoms with Crippen LogP contribution in [0.3, 0.4) is 0 Å². The third kappa shape index (κ3) is 3.02. The number of aromatic nitrogens is 1. The molecule has 0 atom stereocenters. The minimum absolute atomic E-state index is 0.310. The average Bonchev–Trinajstić information content (AvgIpc) is 3.41. The summed E-state index contributed by atoms with van der Waals surface area (Å²) in [4.78, 5) is 6.04. The summed E-state index contributed by atoms with van der Waals surface area (Å²) < 4.78 is 6.35. The lowest BCUT2D eigenvalue weighted by Crippen LogP contribution is -2.12. The van der Waals surface area contributed by atoms with Gasteiger partial charge in [0.2, 0.25) is 0 Å². The van der Waals surface area contributed by atoms with Gasteiger partial charge in [0.25, 0.3) is 5.54 Å². The van der Waals surface area contributed by atoms with E-state index in [4.69, 9.17) is 11.1 Å². The van der Waals surface area contributed by atoms with Gasteiger partial charge in [-0.25, -0.2) is 6.57 Å². The van der Waals surface area contributed by atoms with E-state index < -0.39 is 0 Å². The zero-order valence-electron chi connectivity index (χ0n) is 16.5. The second-order valence-corrected chi connectivity index (χ2v) is 8.42. The Balaban J connectivity index is 1.73. The standard InChI is InChI=1S/C23H22BrN3O/c1-14-6-7-17(22-15(2)26-28-16(22)3)12-21(14)27(5)18-8-9-19(20(24)13-18)23(25-4)10-11-23/h6-9,12-13H,10-11H2,1-3,5H3. The van der Waals surface area contributed by atoms with E-state index in [1.54, 1.807) is 0 Å². The van der Waals surface area contributed by atoms with Crippen LogP contribution in [-0.2, 0) is 5.54 Å². The topological polar surface area (TPSA) is 33.6 Å². The minimum atomic E-state index is -0.310. The highest BCUT2D eigenvalue weighted by Gasteiger charge is 2.53. The Hall–Kier alpha value is -2.58. The summed E-state index contributed by atoms with van der Waals surface area (Å²) in [5.41, 5.74) is 7.24. The molecule has 5 heteroatoms. The van der Waals surface area contributed by atoms with Crippen LogP contribution in [0.4, 0.5) is 11.4 Å². The van der Waals surface area contributed by atoms with Crippen molar-refractivity contribution in [3.63, 3.8) is 0 Å². The molecule has 142 valence electrons. The quantitative estimate of drug-likeness (QED) is 0.427. The Morgan fingerprint density at radius 1 is 1.14 bits per heavy atom. The van der Waals surface area contributed by atoms with Gasteiger partial charge in [-0.15, -0.1) is 0 Å². The van der Waals surface area contributed by atoms with Crippen molar-refractivity contribution in [1.82, 2.24) is 5.16 Å². The highest BCUT2D eigenvalue weighted by atomic mass is 79.9. The van der Waals surface area contributed by atoms with Gasteiger partial charge >= 0.3 is 0 Å². The van der Waals surface area contributed by atoms with Gasteiger partial charge in [0.05, 0.1) is 11.3 Å². The summed E-state index contributed by atoms with van der Waals surface area (Å²) in [6, 6.07) is 12.7. The number of nitrogens with zero attached hydrogens (tertiary/aromatic N) is 3. The summed E-state index contributed by atoms with van der Waals surface area (Å²) in [6.07, 6.45) is 1.89. The van der Waals surface area contributed by atoms with E-state index >= 15 is 0 Å². The molecule has 4 rings (SSSR count). The van der Waals surface area contributed by atoms with Crippen molar-refractivity contribution in [3.8, 4) is 11.1 Å². The predicted molar refractivity (Wildman–Crippen MR) is 116 cm³/mol. The number of rotatable bonds is 4. The van der Waals surface area contributed by atoms with Crippen molar-refractivity contribution in [2.24, 2.45) is 0 Å². The zero-order valence-corrected chi connectivity index (χ0v) is 18.1. The molecule has 1 heterocycles. The molecule has 0 bridgehead atoms. The van der Waals surface area contributed by atoms with E-state index in [-0.39, 0.29) is 5.54 Å². The molecule has 28 heavy (non-hydrogen) atoms. The monoisotopic (exact) mass is 435 g/mol. The largest absolute Gasteiger partial charge is 0.361 e. The molecule has 0 saturated heterocycles. The smallest absolute Gasteiger partial charge is 0.259 e. The van der Waals surface area contributed by atoms with Crippen LogP contribution >= 0.6 is 15.9 Å². The molecule has 0 radical (unpaired) electrons. The molecule has 0 unspecified atom stereocenters. The number of halogens is 1. The van der Waals surface area contributed by atoms with Crippen LogP contribution in [0.1, 0.15) is 35.4 Å². The number of aryl methyl sites for hydroxylation is 3. The number of hydrogen-bond acceptors (Lipinski definition) is 3. The van der Waals surface area contributed by atoms with Crippen molar-refractivity contribution in [2.45, 2.75) is 39.2 Å². The molecule has 0 amide bonds. The second kappa shape index (κ2) is 6.79. The van der Waals surface area contributed by atoms with Crippen LogP contribution < -0.4 is 4.90 Å². The van der Waals surface area contributed by atoms with Crippen LogP contribution in [-0.4, -0.2) is 12.2 Å². The Kier molecular flexibility index (Phi) is 4.55.